The van der Waals surface area contributed by atoms with E-state index in [4.69, 9.17) is 0 Å². The molecular weight excluding hydrogens is 432 g/mol. The lowest BCUT2D eigenvalue weighted by atomic mass is 9.42. The number of benzene rings is 2. The predicted octanol–water partition coefficient (Wildman–Crippen LogP) is 4.20. The molecule has 0 radical (unpaired) electrons. The highest BCUT2D eigenvalue weighted by Crippen LogP contribution is 2.65. The Bertz CT molecular complexity index is 1120. The molecular formula is C27H34N2O3S. The molecule has 0 aromatic heterocycles. The number of carbonyl (C=O) groups excluding carboxylic acids is 1. The van der Waals surface area contributed by atoms with Crippen molar-refractivity contribution in [1.29, 1.82) is 0 Å². The third-order valence-electron chi connectivity index (χ3n) is 8.35. The molecule has 5 nitrogen and oxygen atoms in total. The van der Waals surface area contributed by atoms with Crippen LogP contribution in [0, 0.1) is 24.2 Å². The minimum absolute atomic E-state index is 0.0386. The van der Waals surface area contributed by atoms with Gasteiger partial charge in [0.1, 0.15) is 0 Å². The third-order valence-corrected chi connectivity index (χ3v) is 9.69. The molecule has 6 heteroatoms. The van der Waals surface area contributed by atoms with Crippen LogP contribution in [0.15, 0.2) is 48.5 Å². The van der Waals surface area contributed by atoms with Gasteiger partial charge in [0.05, 0.1) is 11.2 Å². The van der Waals surface area contributed by atoms with Crippen molar-refractivity contribution >= 4 is 15.9 Å². The van der Waals surface area contributed by atoms with Crippen LogP contribution in [-0.4, -0.2) is 21.4 Å². The van der Waals surface area contributed by atoms with Crippen molar-refractivity contribution < 1.29 is 13.2 Å². The number of hydrogen-bond acceptors (Lipinski definition) is 3. The van der Waals surface area contributed by atoms with Gasteiger partial charge in [-0.25, -0.2) is 13.1 Å². The summed E-state index contributed by atoms with van der Waals surface area (Å²) < 4.78 is 25.8. The Morgan fingerprint density at radius 1 is 0.939 bits per heavy atom. The molecule has 33 heavy (non-hydrogen) atoms. The molecule has 4 aliphatic rings. The molecule has 0 spiro atoms. The summed E-state index contributed by atoms with van der Waals surface area (Å²) in [6.45, 7) is 2.61. The minimum Gasteiger partial charge on any atom is -0.352 e. The molecule has 0 aliphatic heterocycles. The van der Waals surface area contributed by atoms with Crippen LogP contribution < -0.4 is 10.0 Å². The second kappa shape index (κ2) is 8.24. The molecule has 4 bridgehead atoms. The van der Waals surface area contributed by atoms with Gasteiger partial charge < -0.3 is 5.32 Å². The zero-order valence-electron chi connectivity index (χ0n) is 19.6. The Labute approximate surface area is 197 Å². The zero-order valence-corrected chi connectivity index (χ0v) is 20.4. The van der Waals surface area contributed by atoms with Crippen molar-refractivity contribution in [2.45, 2.75) is 63.2 Å². The van der Waals surface area contributed by atoms with E-state index in [-0.39, 0.29) is 22.5 Å². The van der Waals surface area contributed by atoms with Crippen LogP contribution in [0.25, 0.3) is 0 Å². The van der Waals surface area contributed by atoms with Crippen LogP contribution in [0.1, 0.15) is 60.8 Å². The highest BCUT2D eigenvalue weighted by atomic mass is 32.2. The van der Waals surface area contributed by atoms with E-state index in [0.29, 0.717) is 18.4 Å². The quantitative estimate of drug-likeness (QED) is 0.642. The van der Waals surface area contributed by atoms with Gasteiger partial charge in [0, 0.05) is 6.54 Å². The lowest BCUT2D eigenvalue weighted by molar-refractivity contribution is -0.149. The van der Waals surface area contributed by atoms with Crippen molar-refractivity contribution in [3.63, 3.8) is 0 Å². The number of amides is 1. The lowest BCUT2D eigenvalue weighted by Gasteiger charge is -2.61. The van der Waals surface area contributed by atoms with Crippen molar-refractivity contribution in [3.05, 3.63) is 70.8 Å². The molecule has 176 valence electrons. The van der Waals surface area contributed by atoms with Gasteiger partial charge in [-0.1, -0.05) is 54.1 Å². The van der Waals surface area contributed by atoms with E-state index in [1.54, 1.807) is 0 Å². The Hall–Kier alpha value is -2.18. The van der Waals surface area contributed by atoms with E-state index in [0.717, 1.165) is 30.4 Å². The normalized spacial score (nSPS) is 30.4. The second-order valence-electron chi connectivity index (χ2n) is 10.9. The van der Waals surface area contributed by atoms with E-state index >= 15 is 0 Å². The Kier molecular flexibility index (Phi) is 5.65. The van der Waals surface area contributed by atoms with Crippen LogP contribution in [-0.2, 0) is 32.5 Å². The van der Waals surface area contributed by atoms with Crippen molar-refractivity contribution in [1.82, 2.24) is 10.0 Å². The van der Waals surface area contributed by atoms with Gasteiger partial charge in [0.25, 0.3) is 0 Å². The summed E-state index contributed by atoms with van der Waals surface area (Å²) in [5.74, 6) is 1.46. The molecule has 0 saturated heterocycles. The largest absolute Gasteiger partial charge is 0.352 e. The average Bonchev–Trinajstić information content (AvgIpc) is 2.77. The molecule has 1 amide bonds. The molecule has 2 aromatic rings. The first-order valence-electron chi connectivity index (χ1n) is 12.1. The fraction of sp³-hybridized carbons (Fsp3) is 0.519. The molecule has 4 fully saturated rings. The SMILES string of the molecule is CNS(=O)(=O)Cc1ccc(CNC(=O)C23CC4CC(C2)CC(c2ccc(C)cc2)(C4)C3)cc1. The van der Waals surface area contributed by atoms with Crippen molar-refractivity contribution in [2.24, 2.45) is 17.3 Å². The Balaban J connectivity index is 1.29. The average molecular weight is 467 g/mol. The zero-order chi connectivity index (χ0) is 23.3. The molecule has 2 unspecified atom stereocenters. The fourth-order valence-electron chi connectivity index (χ4n) is 7.19. The molecule has 6 rings (SSSR count). The maximum absolute atomic E-state index is 13.6. The van der Waals surface area contributed by atoms with Gasteiger partial charge in [0.2, 0.25) is 15.9 Å². The summed E-state index contributed by atoms with van der Waals surface area (Å²) in [6, 6.07) is 16.5. The number of sulfonamides is 1. The third kappa shape index (κ3) is 4.35. The van der Waals surface area contributed by atoms with Gasteiger partial charge >= 0.3 is 0 Å². The van der Waals surface area contributed by atoms with Gasteiger partial charge in [-0.3, -0.25) is 4.79 Å². The van der Waals surface area contributed by atoms with Crippen LogP contribution in [0.3, 0.4) is 0 Å². The predicted molar refractivity (Wildman–Crippen MR) is 130 cm³/mol. The Morgan fingerprint density at radius 2 is 1.55 bits per heavy atom. The summed E-state index contributed by atoms with van der Waals surface area (Å²) >= 11 is 0. The highest BCUT2D eigenvalue weighted by molar-refractivity contribution is 7.88. The maximum atomic E-state index is 13.6. The molecule has 2 aromatic carbocycles. The fourth-order valence-corrected chi connectivity index (χ4v) is 7.96. The van der Waals surface area contributed by atoms with Crippen molar-refractivity contribution in [2.75, 3.05) is 7.05 Å². The monoisotopic (exact) mass is 466 g/mol. The number of carbonyl (C=O) groups is 1. The van der Waals surface area contributed by atoms with Gasteiger partial charge in [-0.05, 0) is 86.4 Å². The number of nitrogens with one attached hydrogen (secondary N) is 2. The maximum Gasteiger partial charge on any atom is 0.226 e. The first-order chi connectivity index (χ1) is 15.7. The molecule has 4 saturated carbocycles. The van der Waals surface area contributed by atoms with E-state index in [1.165, 1.54) is 37.4 Å². The van der Waals surface area contributed by atoms with Crippen LogP contribution >= 0.6 is 0 Å². The van der Waals surface area contributed by atoms with Gasteiger partial charge in [-0.2, -0.15) is 0 Å². The summed E-state index contributed by atoms with van der Waals surface area (Å²) in [6.07, 6.45) is 6.72. The Morgan fingerprint density at radius 3 is 2.15 bits per heavy atom. The minimum atomic E-state index is -3.29. The van der Waals surface area contributed by atoms with E-state index in [1.807, 2.05) is 24.3 Å². The van der Waals surface area contributed by atoms with Crippen LogP contribution in [0.2, 0.25) is 0 Å². The molecule has 0 heterocycles. The number of rotatable bonds is 7. The number of aryl methyl sites for hydroxylation is 1. The van der Waals surface area contributed by atoms with E-state index in [9.17, 15) is 13.2 Å². The summed E-state index contributed by atoms with van der Waals surface area (Å²) in [7, 11) is -1.86. The van der Waals surface area contributed by atoms with Gasteiger partial charge in [-0.15, -0.1) is 0 Å². The molecule has 4 aliphatic carbocycles. The van der Waals surface area contributed by atoms with E-state index < -0.39 is 10.0 Å². The number of hydrogen-bond donors (Lipinski definition) is 2. The smallest absolute Gasteiger partial charge is 0.226 e. The lowest BCUT2D eigenvalue weighted by Crippen LogP contribution is -2.59. The van der Waals surface area contributed by atoms with Crippen LogP contribution in [0.4, 0.5) is 0 Å². The summed E-state index contributed by atoms with van der Waals surface area (Å²) in [5.41, 5.74) is 4.33. The highest BCUT2D eigenvalue weighted by Gasteiger charge is 2.60. The van der Waals surface area contributed by atoms with Crippen molar-refractivity contribution in [3.8, 4) is 0 Å². The molecule has 2 N–H and O–H groups in total. The summed E-state index contributed by atoms with van der Waals surface area (Å²) in [4.78, 5) is 13.6. The molecule has 2 atom stereocenters. The first-order valence-corrected chi connectivity index (χ1v) is 13.7. The van der Waals surface area contributed by atoms with E-state index in [2.05, 4.69) is 41.2 Å². The van der Waals surface area contributed by atoms with Gasteiger partial charge in [0.15, 0.2) is 0 Å². The van der Waals surface area contributed by atoms with Crippen LogP contribution in [0.5, 0.6) is 0 Å². The second-order valence-corrected chi connectivity index (χ2v) is 12.8. The topological polar surface area (TPSA) is 75.3 Å². The standard InChI is InChI=1S/C27H34N2O3S/c1-19-3-9-24(10-4-19)26-12-22-11-23(13-26)15-27(14-22,18-26)25(30)29-16-20-5-7-21(8-6-20)17-33(31,32)28-2/h3-10,22-23,28H,11-18H2,1-2H3,(H,29,30). The summed E-state index contributed by atoms with van der Waals surface area (Å²) in [5, 5.41) is 3.24. The first kappa shape index (κ1) is 22.6.